The zero-order chi connectivity index (χ0) is 16.9. The van der Waals surface area contributed by atoms with E-state index in [0.29, 0.717) is 6.54 Å². The van der Waals surface area contributed by atoms with Gasteiger partial charge in [0.1, 0.15) is 12.4 Å². The maximum atomic E-state index is 11.4. The molecular formula is C19H20N2O3. The van der Waals surface area contributed by atoms with Crippen molar-refractivity contribution in [1.82, 2.24) is 9.55 Å². The van der Waals surface area contributed by atoms with Crippen LogP contribution in [0.3, 0.4) is 0 Å². The Balaban J connectivity index is 1.73. The first-order valence-electron chi connectivity index (χ1n) is 7.88. The first-order valence-corrected chi connectivity index (χ1v) is 7.88. The normalized spacial score (nSPS) is 12.1. The highest BCUT2D eigenvalue weighted by molar-refractivity contribution is 5.75. The fraction of sp³-hybridized carbons (Fsp3) is 0.263. The molecule has 0 N–H and O–H groups in total. The standard InChI is InChI=1S/C19H20N2O3/c1-14-6-5-7-16(10-14)23-12-17(24-15(2)22)11-21-13-20-18-8-3-4-9-19(18)21/h3-10,13,17H,11-12H2,1-2H3/t17-/m1/s1. The zero-order valence-electron chi connectivity index (χ0n) is 13.8. The summed E-state index contributed by atoms with van der Waals surface area (Å²) in [4.78, 5) is 15.8. The molecule has 0 saturated heterocycles. The minimum atomic E-state index is -0.388. The fourth-order valence-electron chi connectivity index (χ4n) is 2.63. The number of fused-ring (bicyclic) bond motifs is 1. The van der Waals surface area contributed by atoms with E-state index in [1.165, 1.54) is 6.92 Å². The summed E-state index contributed by atoms with van der Waals surface area (Å²) >= 11 is 0. The van der Waals surface area contributed by atoms with Crippen molar-refractivity contribution in [1.29, 1.82) is 0 Å². The average Bonchev–Trinajstić information content (AvgIpc) is 2.95. The summed E-state index contributed by atoms with van der Waals surface area (Å²) in [5.74, 6) is 0.444. The molecule has 0 fully saturated rings. The van der Waals surface area contributed by atoms with E-state index in [1.807, 2.05) is 60.0 Å². The quantitative estimate of drug-likeness (QED) is 0.653. The molecule has 0 spiro atoms. The van der Waals surface area contributed by atoms with Crippen LogP contribution >= 0.6 is 0 Å². The number of nitrogens with zero attached hydrogens (tertiary/aromatic N) is 2. The van der Waals surface area contributed by atoms with Crippen LogP contribution in [0.2, 0.25) is 0 Å². The topological polar surface area (TPSA) is 53.4 Å². The molecule has 0 bridgehead atoms. The molecule has 0 unspecified atom stereocenters. The number of para-hydroxylation sites is 2. The molecule has 1 atom stereocenters. The van der Waals surface area contributed by atoms with Crippen molar-refractivity contribution in [2.24, 2.45) is 0 Å². The van der Waals surface area contributed by atoms with Gasteiger partial charge in [-0.05, 0) is 36.8 Å². The van der Waals surface area contributed by atoms with Gasteiger partial charge in [-0.1, -0.05) is 24.3 Å². The van der Waals surface area contributed by atoms with Crippen molar-refractivity contribution >= 4 is 17.0 Å². The Labute approximate surface area is 140 Å². The SMILES string of the molecule is CC(=O)O[C@@H](COc1cccc(C)c1)Cn1cnc2ccccc21. The van der Waals surface area contributed by atoms with Gasteiger partial charge in [-0.3, -0.25) is 4.79 Å². The summed E-state index contributed by atoms with van der Waals surface area (Å²) < 4.78 is 13.2. The predicted molar refractivity (Wildman–Crippen MR) is 92.0 cm³/mol. The molecule has 1 aromatic heterocycles. The largest absolute Gasteiger partial charge is 0.490 e. The molecule has 0 saturated carbocycles. The first-order chi connectivity index (χ1) is 11.6. The van der Waals surface area contributed by atoms with Gasteiger partial charge in [0.15, 0.2) is 6.10 Å². The van der Waals surface area contributed by atoms with E-state index in [9.17, 15) is 4.79 Å². The van der Waals surface area contributed by atoms with E-state index < -0.39 is 0 Å². The molecule has 24 heavy (non-hydrogen) atoms. The van der Waals surface area contributed by atoms with Crippen molar-refractivity contribution in [3.8, 4) is 5.75 Å². The summed E-state index contributed by atoms with van der Waals surface area (Å²) in [6.07, 6.45) is 1.37. The number of hydrogen-bond acceptors (Lipinski definition) is 4. The maximum absolute atomic E-state index is 11.4. The Kier molecular flexibility index (Phi) is 4.79. The number of benzene rings is 2. The average molecular weight is 324 g/mol. The van der Waals surface area contributed by atoms with Gasteiger partial charge in [0.2, 0.25) is 0 Å². The van der Waals surface area contributed by atoms with Crippen LogP contribution in [0.1, 0.15) is 12.5 Å². The van der Waals surface area contributed by atoms with Gasteiger partial charge >= 0.3 is 5.97 Å². The molecule has 3 aromatic rings. The van der Waals surface area contributed by atoms with E-state index in [-0.39, 0.29) is 18.7 Å². The summed E-state index contributed by atoms with van der Waals surface area (Å²) in [7, 11) is 0. The molecule has 1 heterocycles. The van der Waals surface area contributed by atoms with Crippen LogP contribution in [0.4, 0.5) is 0 Å². The van der Waals surface area contributed by atoms with Gasteiger partial charge in [-0.25, -0.2) is 4.98 Å². The second-order valence-electron chi connectivity index (χ2n) is 5.74. The Morgan fingerprint density at radius 3 is 2.83 bits per heavy atom. The number of hydrogen-bond donors (Lipinski definition) is 0. The van der Waals surface area contributed by atoms with Gasteiger partial charge in [-0.2, -0.15) is 0 Å². The molecular weight excluding hydrogens is 304 g/mol. The molecule has 124 valence electrons. The predicted octanol–water partition coefficient (Wildman–Crippen LogP) is 3.36. The molecule has 3 rings (SSSR count). The number of rotatable bonds is 6. The highest BCUT2D eigenvalue weighted by Gasteiger charge is 2.16. The molecule has 0 amide bonds. The molecule has 5 nitrogen and oxygen atoms in total. The third-order valence-electron chi connectivity index (χ3n) is 3.69. The second-order valence-corrected chi connectivity index (χ2v) is 5.74. The van der Waals surface area contributed by atoms with Crippen LogP contribution in [0, 0.1) is 6.92 Å². The fourth-order valence-corrected chi connectivity index (χ4v) is 2.63. The number of ether oxygens (including phenoxy) is 2. The zero-order valence-corrected chi connectivity index (χ0v) is 13.8. The molecule has 2 aromatic carbocycles. The van der Waals surface area contributed by atoms with Gasteiger partial charge < -0.3 is 14.0 Å². The first kappa shape index (κ1) is 16.1. The lowest BCUT2D eigenvalue weighted by Crippen LogP contribution is -2.28. The van der Waals surface area contributed by atoms with E-state index in [1.54, 1.807) is 6.33 Å². The number of esters is 1. The highest BCUT2D eigenvalue weighted by atomic mass is 16.6. The third kappa shape index (κ3) is 3.93. The minimum absolute atomic E-state index is 0.287. The van der Waals surface area contributed by atoms with E-state index in [4.69, 9.17) is 9.47 Å². The Morgan fingerprint density at radius 2 is 2.04 bits per heavy atom. The molecule has 0 aliphatic carbocycles. The van der Waals surface area contributed by atoms with Crippen molar-refractivity contribution in [3.63, 3.8) is 0 Å². The van der Waals surface area contributed by atoms with E-state index >= 15 is 0 Å². The van der Waals surface area contributed by atoms with Crippen LogP contribution in [0.25, 0.3) is 11.0 Å². The monoisotopic (exact) mass is 324 g/mol. The molecule has 0 radical (unpaired) electrons. The summed E-state index contributed by atoms with van der Waals surface area (Å²) in [5, 5.41) is 0. The van der Waals surface area contributed by atoms with E-state index in [0.717, 1.165) is 22.3 Å². The number of carbonyl (C=O) groups excluding carboxylic acids is 1. The van der Waals surface area contributed by atoms with Gasteiger partial charge in [0, 0.05) is 6.92 Å². The highest BCUT2D eigenvalue weighted by Crippen LogP contribution is 2.16. The Hall–Kier alpha value is -2.82. The lowest BCUT2D eigenvalue weighted by molar-refractivity contribution is -0.148. The number of imidazole rings is 1. The summed E-state index contributed by atoms with van der Waals surface area (Å²) in [6.45, 7) is 4.20. The molecule has 5 heteroatoms. The van der Waals surface area contributed by atoms with Gasteiger partial charge in [-0.15, -0.1) is 0 Å². The van der Waals surface area contributed by atoms with Gasteiger partial charge in [0.05, 0.1) is 23.9 Å². The lowest BCUT2D eigenvalue weighted by atomic mass is 10.2. The van der Waals surface area contributed by atoms with Crippen LogP contribution in [0.5, 0.6) is 5.75 Å². The van der Waals surface area contributed by atoms with Gasteiger partial charge in [0.25, 0.3) is 0 Å². The van der Waals surface area contributed by atoms with Crippen LogP contribution in [0.15, 0.2) is 54.9 Å². The maximum Gasteiger partial charge on any atom is 0.303 e. The van der Waals surface area contributed by atoms with Crippen LogP contribution in [-0.4, -0.2) is 28.2 Å². The number of aryl methyl sites for hydroxylation is 1. The van der Waals surface area contributed by atoms with Crippen LogP contribution in [-0.2, 0) is 16.1 Å². The van der Waals surface area contributed by atoms with Crippen molar-refractivity contribution in [2.45, 2.75) is 26.5 Å². The smallest absolute Gasteiger partial charge is 0.303 e. The van der Waals surface area contributed by atoms with Crippen LogP contribution < -0.4 is 4.74 Å². The number of aromatic nitrogens is 2. The second kappa shape index (κ2) is 7.17. The third-order valence-corrected chi connectivity index (χ3v) is 3.69. The van der Waals surface area contributed by atoms with E-state index in [2.05, 4.69) is 4.98 Å². The van der Waals surface area contributed by atoms with Crippen molar-refractivity contribution < 1.29 is 14.3 Å². The Morgan fingerprint density at radius 1 is 1.21 bits per heavy atom. The van der Waals surface area contributed by atoms with Crippen molar-refractivity contribution in [2.75, 3.05) is 6.61 Å². The summed E-state index contributed by atoms with van der Waals surface area (Å²) in [6, 6.07) is 15.7. The molecule has 0 aliphatic rings. The van der Waals surface area contributed by atoms with Crippen molar-refractivity contribution in [3.05, 3.63) is 60.4 Å². The summed E-state index contributed by atoms with van der Waals surface area (Å²) in [5.41, 5.74) is 3.04. The Bertz CT molecular complexity index is 841. The minimum Gasteiger partial charge on any atom is -0.490 e. The molecule has 0 aliphatic heterocycles. The lowest BCUT2D eigenvalue weighted by Gasteiger charge is -2.19. The number of carbonyl (C=O) groups is 1.